The van der Waals surface area contributed by atoms with Crippen molar-refractivity contribution in [1.29, 1.82) is 0 Å². The average molecular weight is 288 g/mol. The molecule has 3 rings (SSSR count). The third-order valence-corrected chi connectivity index (χ3v) is 4.22. The Morgan fingerprint density at radius 2 is 2.45 bits per heavy atom. The number of anilines is 1. The summed E-state index contributed by atoms with van der Waals surface area (Å²) in [5.74, 6) is 0.0709. The Kier molecular flexibility index (Phi) is 3.92. The van der Waals surface area contributed by atoms with Crippen LogP contribution in [0.15, 0.2) is 36.1 Å². The van der Waals surface area contributed by atoms with Crippen LogP contribution in [0.3, 0.4) is 0 Å². The van der Waals surface area contributed by atoms with Gasteiger partial charge in [-0.25, -0.2) is 4.98 Å². The summed E-state index contributed by atoms with van der Waals surface area (Å²) in [4.78, 5) is 22.8. The molecule has 2 aromatic heterocycles. The number of aromatic nitrogens is 2. The molecule has 6 heteroatoms. The number of rotatable bonds is 4. The Labute approximate surface area is 121 Å². The van der Waals surface area contributed by atoms with E-state index in [9.17, 15) is 4.79 Å². The van der Waals surface area contributed by atoms with Gasteiger partial charge in [0.25, 0.3) is 0 Å². The molecule has 5 nitrogen and oxygen atoms in total. The molecule has 0 saturated carbocycles. The van der Waals surface area contributed by atoms with Gasteiger partial charge in [-0.1, -0.05) is 6.07 Å². The van der Waals surface area contributed by atoms with Crippen molar-refractivity contribution in [1.82, 2.24) is 15.3 Å². The molecule has 0 spiro atoms. The molecule has 1 saturated heterocycles. The molecule has 0 bridgehead atoms. The van der Waals surface area contributed by atoms with Gasteiger partial charge in [0.1, 0.15) is 6.04 Å². The lowest BCUT2D eigenvalue weighted by Crippen LogP contribution is -2.43. The van der Waals surface area contributed by atoms with Gasteiger partial charge in [-0.05, 0) is 24.5 Å². The first-order chi connectivity index (χ1) is 9.84. The van der Waals surface area contributed by atoms with E-state index < -0.39 is 0 Å². The van der Waals surface area contributed by atoms with E-state index in [1.54, 1.807) is 29.9 Å². The zero-order chi connectivity index (χ0) is 13.8. The van der Waals surface area contributed by atoms with E-state index in [0.717, 1.165) is 30.1 Å². The molecular formula is C14H16N4OS. The van der Waals surface area contributed by atoms with E-state index in [1.807, 2.05) is 17.5 Å². The monoisotopic (exact) mass is 288 g/mol. The minimum Gasteiger partial charge on any atom is -0.350 e. The Bertz CT molecular complexity index is 558. The predicted molar refractivity (Wildman–Crippen MR) is 78.6 cm³/mol. The van der Waals surface area contributed by atoms with Crippen LogP contribution >= 0.6 is 11.3 Å². The quantitative estimate of drug-likeness (QED) is 0.932. The van der Waals surface area contributed by atoms with Crippen molar-refractivity contribution in [2.75, 3.05) is 11.4 Å². The van der Waals surface area contributed by atoms with Crippen molar-refractivity contribution < 1.29 is 4.79 Å². The second-order valence-electron chi connectivity index (χ2n) is 4.75. The Morgan fingerprint density at radius 3 is 3.20 bits per heavy atom. The third-order valence-electron chi connectivity index (χ3n) is 3.41. The van der Waals surface area contributed by atoms with Gasteiger partial charge in [-0.2, -0.15) is 0 Å². The van der Waals surface area contributed by atoms with E-state index in [4.69, 9.17) is 0 Å². The third kappa shape index (κ3) is 2.80. The Morgan fingerprint density at radius 1 is 1.50 bits per heavy atom. The largest absolute Gasteiger partial charge is 0.350 e. The van der Waals surface area contributed by atoms with Crippen molar-refractivity contribution >= 4 is 22.4 Å². The number of nitrogens with zero attached hydrogens (tertiary/aromatic N) is 3. The number of hydrogen-bond acceptors (Lipinski definition) is 5. The minimum atomic E-state index is -0.0992. The zero-order valence-electron chi connectivity index (χ0n) is 11.0. The first-order valence-electron chi connectivity index (χ1n) is 6.67. The normalized spacial score (nSPS) is 18.2. The van der Waals surface area contributed by atoms with Gasteiger partial charge < -0.3 is 10.2 Å². The van der Waals surface area contributed by atoms with Crippen LogP contribution < -0.4 is 10.2 Å². The summed E-state index contributed by atoms with van der Waals surface area (Å²) in [6.45, 7) is 1.42. The van der Waals surface area contributed by atoms with Crippen LogP contribution in [-0.2, 0) is 11.3 Å². The predicted octanol–water partition coefficient (Wildman–Crippen LogP) is 1.82. The molecule has 2 aromatic rings. The molecule has 1 aliphatic rings. The van der Waals surface area contributed by atoms with E-state index in [-0.39, 0.29) is 11.9 Å². The molecule has 0 aromatic carbocycles. The highest BCUT2D eigenvalue weighted by atomic mass is 32.1. The zero-order valence-corrected chi connectivity index (χ0v) is 11.8. The number of pyridine rings is 1. The molecule has 1 N–H and O–H groups in total. The van der Waals surface area contributed by atoms with Crippen LogP contribution in [0.1, 0.15) is 18.4 Å². The first kappa shape index (κ1) is 13.1. The number of thiazole rings is 1. The summed E-state index contributed by atoms with van der Waals surface area (Å²) in [5.41, 5.74) is 1.01. The van der Waals surface area contributed by atoms with Crippen molar-refractivity contribution in [3.63, 3.8) is 0 Å². The molecular weight excluding hydrogens is 272 g/mol. The van der Waals surface area contributed by atoms with Crippen LogP contribution in [0.2, 0.25) is 0 Å². The summed E-state index contributed by atoms with van der Waals surface area (Å²) < 4.78 is 0. The van der Waals surface area contributed by atoms with Crippen LogP contribution in [-0.4, -0.2) is 28.5 Å². The number of nitrogens with one attached hydrogen (secondary N) is 1. The molecule has 1 amide bonds. The smallest absolute Gasteiger partial charge is 0.243 e. The minimum absolute atomic E-state index is 0.0709. The van der Waals surface area contributed by atoms with E-state index in [0.29, 0.717) is 6.54 Å². The topological polar surface area (TPSA) is 58.1 Å². The molecule has 3 heterocycles. The van der Waals surface area contributed by atoms with Gasteiger partial charge in [0.2, 0.25) is 5.91 Å². The molecule has 0 aliphatic carbocycles. The second kappa shape index (κ2) is 6.00. The Balaban J connectivity index is 1.62. The molecule has 1 unspecified atom stereocenters. The molecule has 1 fully saturated rings. The maximum Gasteiger partial charge on any atom is 0.243 e. The molecule has 1 aliphatic heterocycles. The van der Waals surface area contributed by atoms with E-state index >= 15 is 0 Å². The number of hydrogen-bond donors (Lipinski definition) is 1. The van der Waals surface area contributed by atoms with Crippen LogP contribution in [0.25, 0.3) is 0 Å². The highest BCUT2D eigenvalue weighted by molar-refractivity contribution is 7.13. The summed E-state index contributed by atoms with van der Waals surface area (Å²) in [6.07, 6.45) is 7.20. The fraction of sp³-hybridized carbons (Fsp3) is 0.357. The van der Waals surface area contributed by atoms with Crippen LogP contribution in [0.4, 0.5) is 5.13 Å². The van der Waals surface area contributed by atoms with Crippen molar-refractivity contribution in [3.8, 4) is 0 Å². The van der Waals surface area contributed by atoms with E-state index in [1.165, 1.54) is 0 Å². The van der Waals surface area contributed by atoms with Crippen molar-refractivity contribution in [2.24, 2.45) is 0 Å². The van der Waals surface area contributed by atoms with Gasteiger partial charge >= 0.3 is 0 Å². The van der Waals surface area contributed by atoms with Crippen LogP contribution in [0.5, 0.6) is 0 Å². The van der Waals surface area contributed by atoms with Gasteiger partial charge in [0.05, 0.1) is 0 Å². The summed E-state index contributed by atoms with van der Waals surface area (Å²) in [6, 6.07) is 3.73. The van der Waals surface area contributed by atoms with Gasteiger partial charge in [0.15, 0.2) is 5.13 Å². The molecule has 1 atom stereocenters. The molecule has 104 valence electrons. The maximum atomic E-state index is 12.3. The highest BCUT2D eigenvalue weighted by Gasteiger charge is 2.31. The molecule has 20 heavy (non-hydrogen) atoms. The Hall–Kier alpha value is -1.95. The SMILES string of the molecule is O=C(NCc1cccnc1)C1CCCN1c1nccs1. The number of carbonyl (C=O) groups excluding carboxylic acids is 1. The standard InChI is InChI=1S/C14H16N4OS/c19-13(17-10-11-3-1-5-15-9-11)12-4-2-7-18(12)14-16-6-8-20-14/h1,3,5-6,8-9,12H,2,4,7,10H2,(H,17,19). The lowest BCUT2D eigenvalue weighted by molar-refractivity contribution is -0.122. The van der Waals surface area contributed by atoms with E-state index in [2.05, 4.69) is 20.2 Å². The van der Waals surface area contributed by atoms with Gasteiger partial charge in [-0.3, -0.25) is 9.78 Å². The second-order valence-corrected chi connectivity index (χ2v) is 5.62. The van der Waals surface area contributed by atoms with Crippen molar-refractivity contribution in [2.45, 2.75) is 25.4 Å². The summed E-state index contributed by atoms with van der Waals surface area (Å²) >= 11 is 1.58. The maximum absolute atomic E-state index is 12.3. The number of carbonyl (C=O) groups is 1. The lowest BCUT2D eigenvalue weighted by Gasteiger charge is -2.23. The highest BCUT2D eigenvalue weighted by Crippen LogP contribution is 2.27. The summed E-state index contributed by atoms with van der Waals surface area (Å²) in [7, 11) is 0. The summed E-state index contributed by atoms with van der Waals surface area (Å²) in [5, 5.41) is 5.87. The van der Waals surface area contributed by atoms with Crippen LogP contribution in [0, 0.1) is 0 Å². The molecule has 0 radical (unpaired) electrons. The number of amides is 1. The lowest BCUT2D eigenvalue weighted by atomic mass is 10.2. The fourth-order valence-corrected chi connectivity index (χ4v) is 3.15. The van der Waals surface area contributed by atoms with Gasteiger partial charge in [-0.15, -0.1) is 11.3 Å². The average Bonchev–Trinajstić information content (AvgIpc) is 3.15. The van der Waals surface area contributed by atoms with Gasteiger partial charge in [0, 0.05) is 37.1 Å². The van der Waals surface area contributed by atoms with Crippen molar-refractivity contribution in [3.05, 3.63) is 41.7 Å². The first-order valence-corrected chi connectivity index (χ1v) is 7.55. The fourth-order valence-electron chi connectivity index (χ4n) is 2.44.